The van der Waals surface area contributed by atoms with Crippen LogP contribution in [0.25, 0.3) is 0 Å². The molecular formula is C17H20FN5O2. The summed E-state index contributed by atoms with van der Waals surface area (Å²) in [7, 11) is 0. The molecule has 1 aliphatic heterocycles. The molecule has 0 bridgehead atoms. The van der Waals surface area contributed by atoms with Crippen molar-refractivity contribution in [3.63, 3.8) is 0 Å². The Bertz CT molecular complexity index is 774. The molecule has 8 heteroatoms. The van der Waals surface area contributed by atoms with E-state index in [4.69, 9.17) is 4.74 Å². The number of urea groups is 1. The fourth-order valence-corrected chi connectivity index (χ4v) is 3.05. The number of fused-ring (bicyclic) bond motifs is 1. The fraction of sp³-hybridized carbons (Fsp3) is 0.471. The first-order valence-electron chi connectivity index (χ1n) is 8.58. The first kappa shape index (κ1) is 15.9. The number of nitrogens with zero attached hydrogens (tertiary/aromatic N) is 3. The van der Waals surface area contributed by atoms with Crippen LogP contribution in [0.5, 0.6) is 5.75 Å². The Hall–Kier alpha value is -2.64. The molecule has 2 N–H and O–H groups in total. The highest BCUT2D eigenvalue weighted by Gasteiger charge is 2.22. The van der Waals surface area contributed by atoms with Crippen LogP contribution in [0.4, 0.5) is 14.9 Å². The largest absolute Gasteiger partial charge is 0.487 e. The lowest BCUT2D eigenvalue weighted by molar-refractivity contribution is 0.115. The van der Waals surface area contributed by atoms with Gasteiger partial charge in [0.25, 0.3) is 0 Å². The van der Waals surface area contributed by atoms with E-state index in [0.29, 0.717) is 12.2 Å². The molecule has 1 aliphatic carbocycles. The van der Waals surface area contributed by atoms with Crippen LogP contribution >= 0.6 is 0 Å². The molecule has 132 valence electrons. The van der Waals surface area contributed by atoms with Gasteiger partial charge in [-0.15, -0.1) is 0 Å². The molecule has 0 saturated heterocycles. The molecule has 0 spiro atoms. The van der Waals surface area contributed by atoms with Crippen LogP contribution in [0.15, 0.2) is 24.5 Å². The Balaban J connectivity index is 1.32. The van der Waals surface area contributed by atoms with Gasteiger partial charge in [-0.2, -0.15) is 5.10 Å². The third kappa shape index (κ3) is 3.57. The van der Waals surface area contributed by atoms with Crippen molar-refractivity contribution in [3.8, 4) is 5.75 Å². The van der Waals surface area contributed by atoms with E-state index < -0.39 is 5.82 Å². The summed E-state index contributed by atoms with van der Waals surface area (Å²) in [6.45, 7) is 0.589. The minimum atomic E-state index is -0.463. The second-order valence-corrected chi connectivity index (χ2v) is 6.51. The third-order valence-corrected chi connectivity index (χ3v) is 4.68. The predicted octanol–water partition coefficient (Wildman–Crippen LogP) is 2.49. The number of amides is 2. The highest BCUT2D eigenvalue weighted by molar-refractivity contribution is 5.89. The summed E-state index contributed by atoms with van der Waals surface area (Å²) in [6.07, 6.45) is 6.27. The second-order valence-electron chi connectivity index (χ2n) is 6.51. The van der Waals surface area contributed by atoms with Crippen LogP contribution in [0.2, 0.25) is 0 Å². The van der Waals surface area contributed by atoms with Crippen molar-refractivity contribution in [1.82, 2.24) is 20.1 Å². The van der Waals surface area contributed by atoms with Crippen molar-refractivity contribution in [2.75, 3.05) is 5.32 Å². The zero-order chi connectivity index (χ0) is 17.2. The standard InChI is InChI=1S/C17H20FN5O2/c18-14-8-11(4-6-15(14)25-13-2-1-3-13)21-17(24)22-12-5-7-16-19-10-20-23(16)9-12/h4,6,8,10,12-13H,1-3,5,7,9H2,(H2,21,22,24). The van der Waals surface area contributed by atoms with Gasteiger partial charge >= 0.3 is 6.03 Å². The molecule has 2 amide bonds. The second kappa shape index (κ2) is 6.70. The lowest BCUT2D eigenvalue weighted by Gasteiger charge is -2.26. The number of ether oxygens (including phenoxy) is 1. The van der Waals surface area contributed by atoms with Gasteiger partial charge in [0.05, 0.1) is 18.7 Å². The molecule has 1 aromatic heterocycles. The van der Waals surface area contributed by atoms with E-state index in [0.717, 1.165) is 37.9 Å². The zero-order valence-corrected chi connectivity index (χ0v) is 13.7. The lowest BCUT2D eigenvalue weighted by Crippen LogP contribution is -2.43. The summed E-state index contributed by atoms with van der Waals surface area (Å²) in [5.74, 6) is 0.707. The summed E-state index contributed by atoms with van der Waals surface area (Å²) in [5.41, 5.74) is 0.396. The van der Waals surface area contributed by atoms with Crippen LogP contribution in [0, 0.1) is 5.82 Å². The average Bonchev–Trinajstić information content (AvgIpc) is 3.00. The van der Waals surface area contributed by atoms with Crippen LogP contribution in [0.1, 0.15) is 31.5 Å². The molecule has 2 aromatic rings. The number of carbonyl (C=O) groups is 1. The van der Waals surface area contributed by atoms with Gasteiger partial charge < -0.3 is 15.4 Å². The van der Waals surface area contributed by atoms with Gasteiger partial charge in [-0.3, -0.25) is 0 Å². The molecule has 1 unspecified atom stereocenters. The first-order valence-corrected chi connectivity index (χ1v) is 8.58. The number of aryl methyl sites for hydroxylation is 1. The van der Waals surface area contributed by atoms with Gasteiger partial charge in [0, 0.05) is 18.2 Å². The number of nitrogens with one attached hydrogen (secondary N) is 2. The number of aromatic nitrogens is 3. The van der Waals surface area contributed by atoms with Crippen molar-refractivity contribution >= 4 is 11.7 Å². The SMILES string of the molecule is O=C(Nc1ccc(OC2CCC2)c(F)c1)NC1CCc2ncnn2C1. The molecule has 2 aliphatic rings. The normalized spacial score (nSPS) is 19.6. The smallest absolute Gasteiger partial charge is 0.319 e. The average molecular weight is 345 g/mol. The van der Waals surface area contributed by atoms with Crippen molar-refractivity contribution in [2.45, 2.75) is 50.8 Å². The maximum absolute atomic E-state index is 14.1. The number of rotatable bonds is 4. The Morgan fingerprint density at radius 2 is 2.20 bits per heavy atom. The summed E-state index contributed by atoms with van der Waals surface area (Å²) in [5, 5.41) is 9.68. The van der Waals surface area contributed by atoms with Crippen molar-refractivity contribution in [2.24, 2.45) is 0 Å². The Morgan fingerprint density at radius 1 is 1.32 bits per heavy atom. The Kier molecular flexibility index (Phi) is 4.25. The quantitative estimate of drug-likeness (QED) is 0.892. The zero-order valence-electron chi connectivity index (χ0n) is 13.7. The van der Waals surface area contributed by atoms with Gasteiger partial charge in [0.1, 0.15) is 12.2 Å². The van der Waals surface area contributed by atoms with Crippen molar-refractivity contribution in [3.05, 3.63) is 36.2 Å². The first-order chi connectivity index (χ1) is 12.2. The molecule has 7 nitrogen and oxygen atoms in total. The van der Waals surface area contributed by atoms with Gasteiger partial charge in [-0.25, -0.2) is 18.9 Å². The number of hydrogen-bond donors (Lipinski definition) is 2. The number of halogens is 1. The van der Waals surface area contributed by atoms with E-state index in [2.05, 4.69) is 20.7 Å². The minimum absolute atomic E-state index is 0.0275. The van der Waals surface area contributed by atoms with E-state index in [1.54, 1.807) is 16.8 Å². The van der Waals surface area contributed by atoms with E-state index in [1.165, 1.54) is 12.4 Å². The van der Waals surface area contributed by atoms with E-state index in [1.807, 2.05) is 0 Å². The molecule has 2 heterocycles. The number of hydrogen-bond acceptors (Lipinski definition) is 4. The Labute approximate surface area is 144 Å². The summed E-state index contributed by atoms with van der Waals surface area (Å²) >= 11 is 0. The molecule has 1 aromatic carbocycles. The topological polar surface area (TPSA) is 81.1 Å². The summed E-state index contributed by atoms with van der Waals surface area (Å²) < 4.78 is 21.5. The van der Waals surface area contributed by atoms with Crippen LogP contribution in [-0.2, 0) is 13.0 Å². The molecule has 1 saturated carbocycles. The van der Waals surface area contributed by atoms with Crippen molar-refractivity contribution in [1.29, 1.82) is 0 Å². The van der Waals surface area contributed by atoms with E-state index in [9.17, 15) is 9.18 Å². The maximum atomic E-state index is 14.1. The van der Waals surface area contributed by atoms with Crippen molar-refractivity contribution < 1.29 is 13.9 Å². The molecular weight excluding hydrogens is 325 g/mol. The predicted molar refractivity (Wildman–Crippen MR) is 89.0 cm³/mol. The number of carbonyl (C=O) groups excluding carboxylic acids is 1. The van der Waals surface area contributed by atoms with Gasteiger partial charge in [-0.1, -0.05) is 0 Å². The van der Waals surface area contributed by atoms with E-state index in [-0.39, 0.29) is 23.9 Å². The Morgan fingerprint density at radius 3 is 2.96 bits per heavy atom. The molecule has 1 fully saturated rings. The van der Waals surface area contributed by atoms with Crippen LogP contribution in [-0.4, -0.2) is 32.9 Å². The summed E-state index contributed by atoms with van der Waals surface area (Å²) in [6, 6.07) is 4.10. The summed E-state index contributed by atoms with van der Waals surface area (Å²) in [4.78, 5) is 16.3. The number of benzene rings is 1. The highest BCUT2D eigenvalue weighted by Crippen LogP contribution is 2.28. The van der Waals surface area contributed by atoms with Gasteiger partial charge in [0.15, 0.2) is 11.6 Å². The third-order valence-electron chi connectivity index (χ3n) is 4.68. The highest BCUT2D eigenvalue weighted by atomic mass is 19.1. The van der Waals surface area contributed by atoms with Gasteiger partial charge in [-0.05, 0) is 37.8 Å². The van der Waals surface area contributed by atoms with Crippen LogP contribution < -0.4 is 15.4 Å². The molecule has 0 radical (unpaired) electrons. The monoisotopic (exact) mass is 345 g/mol. The fourth-order valence-electron chi connectivity index (χ4n) is 3.05. The number of anilines is 1. The molecule has 4 rings (SSSR count). The maximum Gasteiger partial charge on any atom is 0.319 e. The van der Waals surface area contributed by atoms with Gasteiger partial charge in [0.2, 0.25) is 0 Å². The van der Waals surface area contributed by atoms with E-state index >= 15 is 0 Å². The minimum Gasteiger partial charge on any atom is -0.487 e. The lowest BCUT2D eigenvalue weighted by atomic mass is 9.96. The van der Waals surface area contributed by atoms with Crippen LogP contribution in [0.3, 0.4) is 0 Å². The molecule has 25 heavy (non-hydrogen) atoms. The molecule has 1 atom stereocenters.